The fraction of sp³-hybridized carbons (Fsp3) is 0.160. The second-order valence-corrected chi connectivity index (χ2v) is 24.0. The number of fused-ring (bicyclic) bond motifs is 21. The number of aromatic nitrogens is 3. The Bertz CT molecular complexity index is 4900. The highest BCUT2D eigenvalue weighted by Crippen LogP contribution is 2.48. The summed E-state index contributed by atoms with van der Waals surface area (Å²) in [5.74, 6) is 0.747. The molecule has 4 aliphatic heterocycles. The van der Waals surface area contributed by atoms with Crippen molar-refractivity contribution in [3.8, 4) is 51.0 Å². The van der Waals surface area contributed by atoms with E-state index in [0.717, 1.165) is 69.1 Å². The third-order valence-electron chi connectivity index (χ3n) is 17.9. The molecule has 0 N–H and O–H groups in total. The first kappa shape index (κ1) is 61.6. The number of para-hydroxylation sites is 3. The lowest BCUT2D eigenvalue weighted by molar-refractivity contribution is 0.413. The first-order chi connectivity index (χ1) is 44.7. The highest BCUT2D eigenvalue weighted by atomic mass is 19.2. The molecule has 93 heavy (non-hydrogen) atoms. The molecule has 9 aromatic rings. The van der Waals surface area contributed by atoms with E-state index in [4.69, 9.17) is 29.2 Å². The standard InChI is InChI=1S/C75H63B3F6N6O3/c1-40-34-43(4)67(44(5)35-40)70-58-25-22-55(85-58)49-16-13-17-50(73(49)91-10)56-23-26-59(86-56)71(68-45(6)36-41(2)37-46(68)7)65-32-29-62(89(65)77(81)82)53-20-15-21-54(75(53)93-12)63-30-33-66(90(63)78(83)84)72(69-47(8)38-42(3)39-48(69)9)60-27-24-57(87-60)51-18-14-19-52(74(51)92-11)61-28-31-64(70)88(61)76(79)80/h13-39H,1-12H3. The van der Waals surface area contributed by atoms with Crippen LogP contribution < -0.4 is 14.2 Å². The smallest absolute Gasteiger partial charge is 0.495 e. The van der Waals surface area contributed by atoms with Crippen LogP contribution in [0.3, 0.4) is 0 Å². The average Bonchev–Trinajstić information content (AvgIpc) is 1.67. The maximum Gasteiger partial charge on any atom is 0.678 e. The Kier molecular flexibility index (Phi) is 16.0. The van der Waals surface area contributed by atoms with Crippen molar-refractivity contribution in [1.82, 2.24) is 13.4 Å². The van der Waals surface area contributed by atoms with E-state index < -0.39 is 22.2 Å². The maximum atomic E-state index is 16.6. The van der Waals surface area contributed by atoms with Gasteiger partial charge in [-0.1, -0.05) is 71.3 Å². The number of aryl methyl sites for hydroxylation is 9. The fourth-order valence-corrected chi connectivity index (χ4v) is 14.6. The third-order valence-corrected chi connectivity index (χ3v) is 17.9. The van der Waals surface area contributed by atoms with Gasteiger partial charge in [0.15, 0.2) is 0 Å². The zero-order valence-corrected chi connectivity index (χ0v) is 53.5. The normalized spacial score (nSPS) is 14.1. The first-order valence-corrected chi connectivity index (χ1v) is 30.5. The summed E-state index contributed by atoms with van der Waals surface area (Å²) in [6.07, 6.45) is 10.8. The summed E-state index contributed by atoms with van der Waals surface area (Å²) >= 11 is 0. The molecule has 18 heteroatoms. The van der Waals surface area contributed by atoms with Crippen LogP contribution in [0.5, 0.6) is 17.2 Å². The highest BCUT2D eigenvalue weighted by molar-refractivity contribution is 6.43. The van der Waals surface area contributed by atoms with Crippen LogP contribution in [0, 0.1) is 62.3 Å². The SMILES string of the molecule is COc1c2cccc1C1=NC(=C(c3c(C)cc(C)cc3C)c3ccc(n3B(F)F)-c3cccc(c3OC)-c3ccc(n3B(F)F)C(c3c(C)cc(C)cc3C)=C3C=CC(=N3)c3cccc(c3OC)-c3ccc(n3B(F)F)C(c3c(C)cc(C)cc3C)=C3C=CC2=N3)C=C1. The lowest BCUT2D eigenvalue weighted by atomic mass is 9.90. The van der Waals surface area contributed by atoms with Gasteiger partial charge < -0.3 is 27.6 Å². The molecule has 0 spiro atoms. The summed E-state index contributed by atoms with van der Waals surface area (Å²) in [4.78, 5) is 15.8. The molecule has 9 nitrogen and oxygen atoms in total. The van der Waals surface area contributed by atoms with Crippen LogP contribution in [0.25, 0.3) is 50.5 Å². The lowest BCUT2D eigenvalue weighted by Gasteiger charge is -2.21. The number of benzene rings is 6. The van der Waals surface area contributed by atoms with Gasteiger partial charge in [-0.2, -0.15) is 0 Å². The number of halogens is 6. The molecule has 0 saturated heterocycles. The van der Waals surface area contributed by atoms with Gasteiger partial charge in [0.25, 0.3) is 0 Å². The molecule has 0 saturated carbocycles. The van der Waals surface area contributed by atoms with E-state index in [2.05, 4.69) is 0 Å². The molecular weight excluding hydrogens is 1180 g/mol. The molecule has 3 aromatic heterocycles. The van der Waals surface area contributed by atoms with Crippen LogP contribution >= 0.6 is 0 Å². The number of hydrogen-bond donors (Lipinski definition) is 0. The summed E-state index contributed by atoms with van der Waals surface area (Å²) in [5.41, 5.74) is 16.9. The molecule has 13 rings (SSSR count). The van der Waals surface area contributed by atoms with Crippen molar-refractivity contribution < 1.29 is 40.1 Å². The van der Waals surface area contributed by atoms with Crippen LogP contribution in [0.2, 0.25) is 0 Å². The number of ether oxygens (including phenoxy) is 3. The Morgan fingerprint density at radius 1 is 0.301 bits per heavy atom. The van der Waals surface area contributed by atoms with Crippen molar-refractivity contribution in [3.63, 3.8) is 0 Å². The number of aliphatic imine (C=N–C) groups is 3. The average molecular weight is 1240 g/mol. The Labute approximate surface area is 538 Å². The Balaban J connectivity index is 1.14. The van der Waals surface area contributed by atoms with Gasteiger partial charge in [-0.3, -0.25) is 25.9 Å². The maximum absolute atomic E-state index is 16.6. The lowest BCUT2D eigenvalue weighted by Crippen LogP contribution is -2.19. The molecule has 0 aliphatic carbocycles. The zero-order chi connectivity index (χ0) is 65.6. The summed E-state index contributed by atoms with van der Waals surface area (Å²) in [5, 5.41) is 0. The minimum Gasteiger partial charge on any atom is -0.495 e. The molecule has 0 radical (unpaired) electrons. The van der Waals surface area contributed by atoms with E-state index in [1.54, 1.807) is 98.1 Å². The number of rotatable bonds is 9. The van der Waals surface area contributed by atoms with Gasteiger partial charge in [-0.25, -0.2) is 15.0 Å². The topological polar surface area (TPSA) is 79.6 Å². The van der Waals surface area contributed by atoms with E-state index in [0.29, 0.717) is 90.1 Å². The molecule has 0 amide bonds. The van der Waals surface area contributed by atoms with Crippen LogP contribution in [-0.4, -0.2) is 74.1 Å². The van der Waals surface area contributed by atoms with Crippen molar-refractivity contribution in [2.45, 2.75) is 62.3 Å². The van der Waals surface area contributed by atoms with Crippen molar-refractivity contribution >= 4 is 56.1 Å². The van der Waals surface area contributed by atoms with Crippen molar-refractivity contribution in [2.24, 2.45) is 15.0 Å². The molecular formula is C75H63B3F6N6O3. The van der Waals surface area contributed by atoms with E-state index in [9.17, 15) is 0 Å². The van der Waals surface area contributed by atoms with Gasteiger partial charge in [0.2, 0.25) is 0 Å². The van der Waals surface area contributed by atoms with Crippen molar-refractivity contribution in [2.75, 3.05) is 21.3 Å². The van der Waals surface area contributed by atoms with E-state index >= 15 is 25.9 Å². The molecule has 18 bridgehead atoms. The summed E-state index contributed by atoms with van der Waals surface area (Å²) in [6.45, 7) is 17.6. The summed E-state index contributed by atoms with van der Waals surface area (Å²) in [6, 6.07) is 37.6. The molecule has 4 aliphatic rings. The second kappa shape index (κ2) is 24.1. The Hall–Kier alpha value is -10.2. The highest BCUT2D eigenvalue weighted by Gasteiger charge is 2.36. The number of nitrogens with zero attached hydrogens (tertiary/aromatic N) is 6. The molecule has 462 valence electrons. The molecule has 7 heterocycles. The van der Waals surface area contributed by atoms with Gasteiger partial charge in [-0.05, 0) is 222 Å². The van der Waals surface area contributed by atoms with Gasteiger partial charge in [0.05, 0.1) is 55.6 Å². The van der Waals surface area contributed by atoms with E-state index in [1.165, 1.54) is 14.2 Å². The number of allylic oxidation sites excluding steroid dienone is 6. The monoisotopic (exact) mass is 1240 g/mol. The predicted octanol–water partition coefficient (Wildman–Crippen LogP) is 18.0. The largest absolute Gasteiger partial charge is 0.678 e. The Morgan fingerprint density at radius 3 is 0.774 bits per heavy atom. The predicted molar refractivity (Wildman–Crippen MR) is 366 cm³/mol. The van der Waals surface area contributed by atoms with Crippen molar-refractivity contribution in [1.29, 1.82) is 0 Å². The molecule has 0 atom stereocenters. The van der Waals surface area contributed by atoms with Crippen LogP contribution in [0.15, 0.2) is 196 Å². The number of methoxy groups -OCH3 is 3. The van der Waals surface area contributed by atoms with Crippen molar-refractivity contribution in [3.05, 3.63) is 281 Å². The molecule has 0 unspecified atom stereocenters. The van der Waals surface area contributed by atoms with Gasteiger partial charge >= 0.3 is 22.2 Å². The minimum absolute atomic E-state index is 0.0461. The molecule has 6 aromatic carbocycles. The van der Waals surface area contributed by atoms with Crippen LogP contribution in [0.4, 0.5) is 25.9 Å². The fourth-order valence-electron chi connectivity index (χ4n) is 14.6. The number of hydrogen-bond acceptors (Lipinski definition) is 6. The molecule has 0 fully saturated rings. The van der Waals surface area contributed by atoms with Gasteiger partial charge in [-0.15, -0.1) is 0 Å². The van der Waals surface area contributed by atoms with Crippen LogP contribution in [-0.2, 0) is 0 Å². The summed E-state index contributed by atoms with van der Waals surface area (Å²) in [7, 11) is -4.93. The third kappa shape index (κ3) is 10.4. The van der Waals surface area contributed by atoms with Gasteiger partial charge in [0, 0.05) is 84.3 Å². The van der Waals surface area contributed by atoms with Crippen LogP contribution in [0.1, 0.15) is 101 Å². The van der Waals surface area contributed by atoms with E-state index in [-0.39, 0.29) is 56.8 Å². The first-order valence-electron chi connectivity index (χ1n) is 30.5. The quantitative estimate of drug-likeness (QED) is 0.107. The van der Waals surface area contributed by atoms with E-state index in [1.807, 2.05) is 135 Å². The van der Waals surface area contributed by atoms with Gasteiger partial charge in [0.1, 0.15) is 17.2 Å². The minimum atomic E-state index is -3.15. The Morgan fingerprint density at radius 2 is 0.527 bits per heavy atom. The summed E-state index contributed by atoms with van der Waals surface area (Å²) < 4.78 is 121. The zero-order valence-electron chi connectivity index (χ0n) is 53.5. The second-order valence-electron chi connectivity index (χ2n) is 24.0.